The van der Waals surface area contributed by atoms with Crippen LogP contribution in [0.1, 0.15) is 79.6 Å². The van der Waals surface area contributed by atoms with Crippen molar-refractivity contribution in [2.75, 3.05) is 6.54 Å². The van der Waals surface area contributed by atoms with E-state index in [1.807, 2.05) is 43.0 Å². The molecule has 1 N–H and O–H groups in total. The van der Waals surface area contributed by atoms with Crippen LogP contribution in [0.25, 0.3) is 0 Å². The average molecular weight is 398 g/mol. The highest BCUT2D eigenvalue weighted by Crippen LogP contribution is 2.30. The van der Waals surface area contributed by atoms with Gasteiger partial charge in [-0.15, -0.1) is 0 Å². The van der Waals surface area contributed by atoms with E-state index in [0.717, 1.165) is 12.8 Å². The summed E-state index contributed by atoms with van der Waals surface area (Å²) in [7, 11) is 0. The Morgan fingerprint density at radius 3 is 2.41 bits per heavy atom. The van der Waals surface area contributed by atoms with Crippen LogP contribution in [0.2, 0.25) is 0 Å². The maximum Gasteiger partial charge on any atom is 0.273 e. The fourth-order valence-electron chi connectivity index (χ4n) is 3.08. The normalized spacial score (nSPS) is 14.1. The molecule has 0 bridgehead atoms. The molecule has 3 rings (SSSR count). The van der Waals surface area contributed by atoms with E-state index in [2.05, 4.69) is 31.2 Å². The van der Waals surface area contributed by atoms with Crippen LogP contribution in [0.5, 0.6) is 0 Å². The second-order valence-electron chi connectivity index (χ2n) is 9.27. The Labute approximate surface area is 172 Å². The summed E-state index contributed by atoms with van der Waals surface area (Å²) in [6.07, 6.45) is 1.98. The molecule has 1 heterocycles. The molecule has 0 radical (unpaired) electrons. The van der Waals surface area contributed by atoms with Gasteiger partial charge >= 0.3 is 0 Å². The molecule has 6 heteroatoms. The lowest BCUT2D eigenvalue weighted by Gasteiger charge is -2.22. The largest absolute Gasteiger partial charge is 0.359 e. The second kappa shape index (κ2) is 8.39. The minimum Gasteiger partial charge on any atom is -0.359 e. The lowest BCUT2D eigenvalue weighted by Crippen LogP contribution is -2.32. The third kappa shape index (κ3) is 5.46. The first kappa shape index (κ1) is 21.1. The van der Waals surface area contributed by atoms with E-state index in [4.69, 9.17) is 4.52 Å². The van der Waals surface area contributed by atoms with E-state index in [1.54, 1.807) is 6.07 Å². The van der Waals surface area contributed by atoms with Gasteiger partial charge in [0, 0.05) is 24.2 Å². The first-order valence-corrected chi connectivity index (χ1v) is 10.3. The molecule has 2 amide bonds. The number of amides is 2. The average Bonchev–Trinajstić information content (AvgIpc) is 3.40. The van der Waals surface area contributed by atoms with Crippen LogP contribution >= 0.6 is 0 Å². The van der Waals surface area contributed by atoms with Gasteiger partial charge in [0.1, 0.15) is 0 Å². The summed E-state index contributed by atoms with van der Waals surface area (Å²) in [5, 5.41) is 6.70. The number of nitrogens with zero attached hydrogens (tertiary/aromatic N) is 2. The van der Waals surface area contributed by atoms with Crippen molar-refractivity contribution in [3.05, 3.63) is 52.9 Å². The molecule has 0 saturated heterocycles. The smallest absolute Gasteiger partial charge is 0.273 e. The van der Waals surface area contributed by atoms with Crippen molar-refractivity contribution >= 4 is 11.8 Å². The molecule has 6 nitrogen and oxygen atoms in total. The number of carbonyl (C=O) groups is 2. The molecule has 0 atom stereocenters. The zero-order valence-electron chi connectivity index (χ0n) is 18.0. The van der Waals surface area contributed by atoms with E-state index in [1.165, 1.54) is 5.56 Å². The van der Waals surface area contributed by atoms with Gasteiger partial charge in [-0.1, -0.05) is 51.9 Å². The number of carbonyl (C=O) groups excluding carboxylic acids is 2. The summed E-state index contributed by atoms with van der Waals surface area (Å²) < 4.78 is 5.35. The maximum atomic E-state index is 13.1. The summed E-state index contributed by atoms with van der Waals surface area (Å²) in [6, 6.07) is 9.66. The van der Waals surface area contributed by atoms with E-state index in [-0.39, 0.29) is 29.0 Å². The van der Waals surface area contributed by atoms with E-state index in [0.29, 0.717) is 30.3 Å². The maximum absolute atomic E-state index is 13.1. The van der Waals surface area contributed by atoms with Gasteiger partial charge in [-0.25, -0.2) is 0 Å². The molecule has 0 unspecified atom stereocenters. The van der Waals surface area contributed by atoms with Crippen LogP contribution in [-0.2, 0) is 12.0 Å². The number of rotatable bonds is 7. The van der Waals surface area contributed by atoms with E-state index in [9.17, 15) is 9.59 Å². The highest BCUT2D eigenvalue weighted by molar-refractivity contribution is 5.95. The van der Waals surface area contributed by atoms with Crippen molar-refractivity contribution in [2.24, 2.45) is 5.92 Å². The van der Waals surface area contributed by atoms with Gasteiger partial charge in [0.15, 0.2) is 11.5 Å². The summed E-state index contributed by atoms with van der Waals surface area (Å²) in [4.78, 5) is 27.1. The highest BCUT2D eigenvalue weighted by atomic mass is 16.5. The molecule has 1 aromatic carbocycles. The number of hydrogen-bond acceptors (Lipinski definition) is 4. The molecule has 0 spiro atoms. The Morgan fingerprint density at radius 1 is 1.21 bits per heavy atom. The molecular weight excluding hydrogens is 366 g/mol. The minimum absolute atomic E-state index is 0.0184. The summed E-state index contributed by atoms with van der Waals surface area (Å²) in [6.45, 7) is 11.4. The van der Waals surface area contributed by atoms with Crippen LogP contribution in [0.15, 0.2) is 34.9 Å². The Morgan fingerprint density at radius 2 is 1.86 bits per heavy atom. The zero-order chi connectivity index (χ0) is 21.2. The second-order valence-corrected chi connectivity index (χ2v) is 9.27. The van der Waals surface area contributed by atoms with Crippen molar-refractivity contribution in [3.8, 4) is 0 Å². The standard InChI is InChI=1S/C23H31N3O3/c1-15(2)13-24-21(27)20-12-19(29-25-20)14-26(18-10-11-18)22(28)16-6-8-17(9-7-16)23(3,4)5/h6-9,12,15,18H,10-11,13-14H2,1-5H3,(H,24,27). The van der Waals surface area contributed by atoms with Crippen molar-refractivity contribution in [1.82, 2.24) is 15.4 Å². The van der Waals surface area contributed by atoms with E-state index < -0.39 is 0 Å². The van der Waals surface area contributed by atoms with Crippen LogP contribution in [0.3, 0.4) is 0 Å². The molecule has 29 heavy (non-hydrogen) atoms. The quantitative estimate of drug-likeness (QED) is 0.761. The Hall–Kier alpha value is -2.63. The topological polar surface area (TPSA) is 75.4 Å². The summed E-state index contributed by atoms with van der Waals surface area (Å²) >= 11 is 0. The first-order valence-electron chi connectivity index (χ1n) is 10.3. The van der Waals surface area contributed by atoms with Gasteiger partial charge in [0.25, 0.3) is 11.8 Å². The first-order chi connectivity index (χ1) is 13.6. The van der Waals surface area contributed by atoms with E-state index >= 15 is 0 Å². The van der Waals surface area contributed by atoms with Gasteiger partial charge in [0.05, 0.1) is 6.54 Å². The third-order valence-electron chi connectivity index (χ3n) is 5.04. The van der Waals surface area contributed by atoms with Gasteiger partial charge in [0.2, 0.25) is 0 Å². The molecule has 0 aliphatic heterocycles. The molecule has 1 aliphatic carbocycles. The van der Waals surface area contributed by atoms with Gasteiger partial charge < -0.3 is 14.7 Å². The monoisotopic (exact) mass is 397 g/mol. The Bertz CT molecular complexity index is 858. The summed E-state index contributed by atoms with van der Waals surface area (Å²) in [5.74, 6) is 0.607. The van der Waals surface area contributed by atoms with Crippen molar-refractivity contribution in [3.63, 3.8) is 0 Å². The molecule has 1 aliphatic rings. The fraction of sp³-hybridized carbons (Fsp3) is 0.522. The van der Waals surface area contributed by atoms with Crippen LogP contribution < -0.4 is 5.32 Å². The van der Waals surface area contributed by atoms with Crippen molar-refractivity contribution in [1.29, 1.82) is 0 Å². The van der Waals surface area contributed by atoms with Gasteiger partial charge in [-0.3, -0.25) is 9.59 Å². The molecule has 2 aromatic rings. The Kier molecular flexibility index (Phi) is 6.10. The Balaban J connectivity index is 1.69. The predicted octanol–water partition coefficient (Wildman–Crippen LogP) is 4.16. The van der Waals surface area contributed by atoms with Gasteiger partial charge in [-0.05, 0) is 41.9 Å². The minimum atomic E-state index is -0.254. The van der Waals surface area contributed by atoms with Crippen LogP contribution in [0.4, 0.5) is 0 Å². The fourth-order valence-corrected chi connectivity index (χ4v) is 3.08. The number of hydrogen-bond donors (Lipinski definition) is 1. The molecular formula is C23H31N3O3. The number of aromatic nitrogens is 1. The molecule has 1 saturated carbocycles. The third-order valence-corrected chi connectivity index (χ3v) is 5.04. The summed E-state index contributed by atoms with van der Waals surface area (Å²) in [5.41, 5.74) is 2.15. The van der Waals surface area contributed by atoms with Crippen LogP contribution in [-0.4, -0.2) is 34.5 Å². The van der Waals surface area contributed by atoms with Crippen LogP contribution in [0, 0.1) is 5.92 Å². The lowest BCUT2D eigenvalue weighted by atomic mass is 9.86. The number of benzene rings is 1. The van der Waals surface area contributed by atoms with Crippen molar-refractivity contribution < 1.29 is 14.1 Å². The zero-order valence-corrected chi connectivity index (χ0v) is 18.0. The predicted molar refractivity (Wildman–Crippen MR) is 112 cm³/mol. The highest BCUT2D eigenvalue weighted by Gasteiger charge is 2.34. The number of nitrogens with one attached hydrogen (secondary N) is 1. The van der Waals surface area contributed by atoms with Crippen molar-refractivity contribution in [2.45, 2.75) is 65.5 Å². The molecule has 1 aromatic heterocycles. The SMILES string of the molecule is CC(C)CNC(=O)c1cc(CN(C(=O)c2ccc(C(C)(C)C)cc2)C2CC2)on1. The molecule has 156 valence electrons. The molecule has 1 fully saturated rings. The lowest BCUT2D eigenvalue weighted by molar-refractivity contribution is 0.0712. The van der Waals surface area contributed by atoms with Gasteiger partial charge in [-0.2, -0.15) is 0 Å².